The van der Waals surface area contributed by atoms with Crippen LogP contribution in [-0.4, -0.2) is 13.1 Å². The van der Waals surface area contributed by atoms with Gasteiger partial charge in [0, 0.05) is 6.54 Å². The van der Waals surface area contributed by atoms with E-state index in [4.69, 9.17) is 6.42 Å². The quantitative estimate of drug-likeness (QED) is 0.560. The predicted molar refractivity (Wildman–Crippen MR) is 61.9 cm³/mol. The maximum absolute atomic E-state index is 5.11. The second-order valence-electron chi connectivity index (χ2n) is 3.09. The summed E-state index contributed by atoms with van der Waals surface area (Å²) in [6, 6.07) is 8.30. The van der Waals surface area contributed by atoms with Crippen LogP contribution in [0, 0.1) is 19.3 Å². The molecule has 0 unspecified atom stereocenters. The third-order valence-corrected chi connectivity index (χ3v) is 1.98. The molecule has 1 rings (SSSR count). The zero-order valence-corrected chi connectivity index (χ0v) is 8.46. The van der Waals surface area contributed by atoms with E-state index in [1.807, 2.05) is 12.1 Å². The van der Waals surface area contributed by atoms with Gasteiger partial charge >= 0.3 is 0 Å². The molecule has 0 spiro atoms. The van der Waals surface area contributed by atoms with E-state index < -0.39 is 0 Å². The molecule has 0 aliphatic heterocycles. The smallest absolute Gasteiger partial charge is 0.0576 e. The fourth-order valence-electron chi connectivity index (χ4n) is 1.19. The van der Waals surface area contributed by atoms with Crippen molar-refractivity contribution in [1.29, 1.82) is 0 Å². The fraction of sp³-hybridized carbons (Fsp3) is 0.231. The Kier molecular flexibility index (Phi) is 4.54. The summed E-state index contributed by atoms with van der Waals surface area (Å²) in [5.74, 6) is 2.53. The van der Waals surface area contributed by atoms with Crippen LogP contribution in [0.3, 0.4) is 0 Å². The molecule has 0 aromatic heterocycles. The Balaban J connectivity index is 2.45. The molecular weight excluding hydrogens is 170 g/mol. The molecule has 0 atom stereocenters. The lowest BCUT2D eigenvalue weighted by Crippen LogP contribution is -2.12. The topological polar surface area (TPSA) is 12.0 Å². The Morgan fingerprint density at radius 2 is 2.21 bits per heavy atom. The first-order valence-electron chi connectivity index (χ1n) is 4.71. The van der Waals surface area contributed by atoms with E-state index in [0.29, 0.717) is 6.54 Å². The average Bonchev–Trinajstić information content (AvgIpc) is 2.20. The Morgan fingerprint density at radius 3 is 2.93 bits per heavy atom. The standard InChI is InChI=1S/C13H15N/c1-3-10-14-11-6-9-13-8-5-4-7-12(13)2/h1,4-9,14H,10-11H2,2H3/b9-6+. The van der Waals surface area contributed by atoms with Crippen molar-refractivity contribution in [1.82, 2.24) is 5.32 Å². The summed E-state index contributed by atoms with van der Waals surface area (Å²) in [5, 5.41) is 3.10. The summed E-state index contributed by atoms with van der Waals surface area (Å²) < 4.78 is 0. The molecule has 1 heteroatoms. The molecule has 0 bridgehead atoms. The summed E-state index contributed by atoms with van der Waals surface area (Å²) in [6.45, 7) is 3.55. The molecule has 0 saturated heterocycles. The third kappa shape index (κ3) is 3.47. The number of aryl methyl sites for hydroxylation is 1. The minimum atomic E-state index is 0.623. The van der Waals surface area contributed by atoms with Crippen LogP contribution in [-0.2, 0) is 0 Å². The minimum Gasteiger partial charge on any atom is -0.303 e. The maximum atomic E-state index is 5.11. The predicted octanol–water partition coefficient (Wildman–Crippen LogP) is 2.23. The summed E-state index contributed by atoms with van der Waals surface area (Å²) in [7, 11) is 0. The van der Waals surface area contributed by atoms with Gasteiger partial charge in [0.1, 0.15) is 0 Å². The number of benzene rings is 1. The highest BCUT2D eigenvalue weighted by Crippen LogP contribution is 2.08. The Morgan fingerprint density at radius 1 is 1.43 bits per heavy atom. The SMILES string of the molecule is C#CCNC/C=C/c1ccccc1C. The van der Waals surface area contributed by atoms with E-state index in [1.165, 1.54) is 11.1 Å². The summed E-state index contributed by atoms with van der Waals surface area (Å²) in [5.41, 5.74) is 2.55. The summed E-state index contributed by atoms with van der Waals surface area (Å²) >= 11 is 0. The molecule has 0 saturated carbocycles. The van der Waals surface area contributed by atoms with Crippen molar-refractivity contribution < 1.29 is 0 Å². The first-order chi connectivity index (χ1) is 6.84. The van der Waals surface area contributed by atoms with Crippen LogP contribution in [0.4, 0.5) is 0 Å². The Labute approximate surface area is 85.8 Å². The van der Waals surface area contributed by atoms with Crippen molar-refractivity contribution in [3.05, 3.63) is 41.5 Å². The van der Waals surface area contributed by atoms with Gasteiger partial charge < -0.3 is 5.32 Å². The van der Waals surface area contributed by atoms with E-state index in [1.54, 1.807) is 0 Å². The lowest BCUT2D eigenvalue weighted by atomic mass is 10.1. The first kappa shape index (κ1) is 10.6. The highest BCUT2D eigenvalue weighted by molar-refractivity contribution is 5.53. The molecule has 14 heavy (non-hydrogen) atoms. The van der Waals surface area contributed by atoms with Crippen LogP contribution < -0.4 is 5.32 Å². The zero-order chi connectivity index (χ0) is 10.2. The van der Waals surface area contributed by atoms with E-state index >= 15 is 0 Å². The maximum Gasteiger partial charge on any atom is 0.0576 e. The molecule has 0 fully saturated rings. The van der Waals surface area contributed by atoms with Crippen molar-refractivity contribution in [2.75, 3.05) is 13.1 Å². The van der Waals surface area contributed by atoms with Crippen LogP contribution in [0.1, 0.15) is 11.1 Å². The van der Waals surface area contributed by atoms with Crippen LogP contribution in [0.25, 0.3) is 6.08 Å². The van der Waals surface area contributed by atoms with Crippen LogP contribution in [0.2, 0.25) is 0 Å². The summed E-state index contributed by atoms with van der Waals surface area (Å²) in [6.07, 6.45) is 9.30. The number of hydrogen-bond donors (Lipinski definition) is 1. The van der Waals surface area contributed by atoms with Crippen LogP contribution in [0.15, 0.2) is 30.3 Å². The largest absolute Gasteiger partial charge is 0.303 e. The van der Waals surface area contributed by atoms with E-state index in [9.17, 15) is 0 Å². The Hall–Kier alpha value is -1.52. The van der Waals surface area contributed by atoms with Crippen LogP contribution >= 0.6 is 0 Å². The second kappa shape index (κ2) is 6.01. The molecule has 72 valence electrons. The van der Waals surface area contributed by atoms with Crippen molar-refractivity contribution in [2.24, 2.45) is 0 Å². The molecule has 1 aromatic rings. The normalized spacial score (nSPS) is 10.3. The van der Waals surface area contributed by atoms with E-state index in [-0.39, 0.29) is 0 Å². The highest BCUT2D eigenvalue weighted by Gasteiger charge is 1.89. The molecular formula is C13H15N. The third-order valence-electron chi connectivity index (χ3n) is 1.98. The lowest BCUT2D eigenvalue weighted by Gasteiger charge is -1.98. The molecule has 0 amide bonds. The second-order valence-corrected chi connectivity index (χ2v) is 3.09. The lowest BCUT2D eigenvalue weighted by molar-refractivity contribution is 0.859. The molecule has 0 aliphatic carbocycles. The molecule has 1 aromatic carbocycles. The van der Waals surface area contributed by atoms with Gasteiger partial charge in [0.25, 0.3) is 0 Å². The van der Waals surface area contributed by atoms with E-state index in [2.05, 4.69) is 42.4 Å². The van der Waals surface area contributed by atoms with Gasteiger partial charge in [-0.25, -0.2) is 0 Å². The first-order valence-corrected chi connectivity index (χ1v) is 4.71. The van der Waals surface area contributed by atoms with Gasteiger partial charge in [-0.2, -0.15) is 0 Å². The molecule has 1 nitrogen and oxygen atoms in total. The summed E-state index contributed by atoms with van der Waals surface area (Å²) in [4.78, 5) is 0. The van der Waals surface area contributed by atoms with Crippen molar-refractivity contribution >= 4 is 6.08 Å². The average molecular weight is 185 g/mol. The number of rotatable bonds is 4. The number of hydrogen-bond acceptors (Lipinski definition) is 1. The van der Waals surface area contributed by atoms with Gasteiger partial charge in [0.05, 0.1) is 6.54 Å². The van der Waals surface area contributed by atoms with Gasteiger partial charge in [-0.05, 0) is 18.1 Å². The molecule has 0 heterocycles. The molecule has 0 radical (unpaired) electrons. The number of nitrogens with one attached hydrogen (secondary N) is 1. The van der Waals surface area contributed by atoms with Crippen molar-refractivity contribution in [3.8, 4) is 12.3 Å². The van der Waals surface area contributed by atoms with Crippen molar-refractivity contribution in [2.45, 2.75) is 6.92 Å². The monoisotopic (exact) mass is 185 g/mol. The van der Waals surface area contributed by atoms with Gasteiger partial charge in [0.2, 0.25) is 0 Å². The van der Waals surface area contributed by atoms with Gasteiger partial charge in [-0.1, -0.05) is 42.3 Å². The fourth-order valence-corrected chi connectivity index (χ4v) is 1.19. The molecule has 0 aliphatic rings. The molecule has 1 N–H and O–H groups in total. The zero-order valence-electron chi connectivity index (χ0n) is 8.46. The van der Waals surface area contributed by atoms with E-state index in [0.717, 1.165) is 6.54 Å². The van der Waals surface area contributed by atoms with Gasteiger partial charge in [-0.15, -0.1) is 6.42 Å². The van der Waals surface area contributed by atoms with Crippen LogP contribution in [0.5, 0.6) is 0 Å². The minimum absolute atomic E-state index is 0.623. The Bertz CT molecular complexity index is 344. The highest BCUT2D eigenvalue weighted by atomic mass is 14.8. The van der Waals surface area contributed by atoms with Gasteiger partial charge in [-0.3, -0.25) is 0 Å². The van der Waals surface area contributed by atoms with Crippen molar-refractivity contribution in [3.63, 3.8) is 0 Å². The number of terminal acetylenes is 1. The van der Waals surface area contributed by atoms with Gasteiger partial charge in [0.15, 0.2) is 0 Å².